The van der Waals surface area contributed by atoms with E-state index in [0.717, 1.165) is 10.8 Å². The Morgan fingerprint density at radius 2 is 1.44 bits per heavy atom. The largest absolute Gasteiger partial charge is 0.343 e. The van der Waals surface area contributed by atoms with Crippen molar-refractivity contribution < 1.29 is 9.59 Å². The van der Waals surface area contributed by atoms with E-state index in [9.17, 15) is 9.59 Å². The Hall–Kier alpha value is -2.33. The minimum Gasteiger partial charge on any atom is -0.271 e. The van der Waals surface area contributed by atoms with Crippen molar-refractivity contribution in [3.05, 3.63) is 71.8 Å². The highest BCUT2D eigenvalue weighted by Crippen LogP contribution is 2.44. The first-order valence-corrected chi connectivity index (χ1v) is 8.80. The van der Waals surface area contributed by atoms with Gasteiger partial charge in [0.25, 0.3) is 5.91 Å². The van der Waals surface area contributed by atoms with E-state index in [1.54, 1.807) is 0 Å². The number of rotatable bonds is 5. The van der Waals surface area contributed by atoms with E-state index >= 15 is 0 Å². The van der Waals surface area contributed by atoms with Gasteiger partial charge in [0, 0.05) is 18.3 Å². The molecule has 0 aromatic heterocycles. The number of carbonyl (C=O) groups excluding carboxylic acids is 2. The van der Waals surface area contributed by atoms with Crippen LogP contribution >= 0.6 is 11.8 Å². The summed E-state index contributed by atoms with van der Waals surface area (Å²) in [5.74, 6) is -0.0921. The van der Waals surface area contributed by atoms with Crippen molar-refractivity contribution in [2.24, 2.45) is 5.92 Å². The minimum absolute atomic E-state index is 0.209. The Morgan fingerprint density at radius 3 is 1.88 bits per heavy atom. The number of imide groups is 1. The fourth-order valence-electron chi connectivity index (χ4n) is 3.22. The van der Waals surface area contributed by atoms with Gasteiger partial charge in [-0.2, -0.15) is 0 Å². The number of carbonyl (C=O) groups is 2. The van der Waals surface area contributed by atoms with E-state index in [-0.39, 0.29) is 11.8 Å². The Morgan fingerprint density at radius 1 is 0.960 bits per heavy atom. The molecule has 0 bridgehead atoms. The average molecular weight is 357 g/mol. The van der Waals surface area contributed by atoms with Crippen molar-refractivity contribution in [2.75, 3.05) is 6.54 Å². The van der Waals surface area contributed by atoms with E-state index in [1.165, 1.54) is 4.90 Å². The summed E-state index contributed by atoms with van der Waals surface area (Å²) in [5, 5.41) is 0. The number of nitrogens with zero attached hydrogens (tertiary/aromatic N) is 2. The molecule has 1 unspecified atom stereocenters. The van der Waals surface area contributed by atoms with Crippen molar-refractivity contribution in [2.45, 2.75) is 25.8 Å². The first-order chi connectivity index (χ1) is 12.0. The first kappa shape index (κ1) is 17.5. The molecule has 5 heteroatoms. The third-order valence-corrected chi connectivity index (χ3v) is 5.22. The molecular weight excluding hydrogens is 336 g/mol. The molecule has 0 radical (unpaired) electrons. The predicted octanol–water partition coefficient (Wildman–Crippen LogP) is 4.39. The van der Waals surface area contributed by atoms with E-state index in [1.807, 2.05) is 74.5 Å². The molecule has 1 heterocycles. The van der Waals surface area contributed by atoms with Gasteiger partial charge in [-0.1, -0.05) is 80.9 Å². The molecule has 3 amide bonds. The van der Waals surface area contributed by atoms with Crippen LogP contribution in [-0.4, -0.2) is 27.8 Å². The van der Waals surface area contributed by atoms with Crippen LogP contribution in [0.3, 0.4) is 0 Å². The minimum atomic E-state index is -1.34. The zero-order chi connectivity index (χ0) is 18.0. The highest BCUT2D eigenvalue weighted by atomic mass is 35.5. The summed E-state index contributed by atoms with van der Waals surface area (Å²) >= 11 is 6.49. The van der Waals surface area contributed by atoms with Crippen LogP contribution in [-0.2, 0) is 10.3 Å². The van der Waals surface area contributed by atoms with Crippen LogP contribution in [0.1, 0.15) is 31.4 Å². The number of benzene rings is 2. The zero-order valence-corrected chi connectivity index (χ0v) is 15.1. The maximum atomic E-state index is 13.5. The molecule has 2 aromatic rings. The smallest absolute Gasteiger partial charge is 0.271 e. The lowest BCUT2D eigenvalue weighted by molar-refractivity contribution is -0.131. The van der Waals surface area contributed by atoms with Crippen molar-refractivity contribution in [1.29, 1.82) is 0 Å². The summed E-state index contributed by atoms with van der Waals surface area (Å²) in [7, 11) is 0. The summed E-state index contributed by atoms with van der Waals surface area (Å²) in [6.07, 6.45) is 0.878. The quantitative estimate of drug-likeness (QED) is 0.588. The van der Waals surface area contributed by atoms with Gasteiger partial charge in [0.2, 0.25) is 0 Å². The van der Waals surface area contributed by atoms with E-state index in [4.69, 9.17) is 11.8 Å². The van der Waals surface area contributed by atoms with Gasteiger partial charge in [-0.15, -0.1) is 0 Å². The third kappa shape index (κ3) is 2.71. The maximum Gasteiger partial charge on any atom is 0.343 e. The van der Waals surface area contributed by atoms with Crippen molar-refractivity contribution in [3.63, 3.8) is 0 Å². The molecule has 0 N–H and O–H groups in total. The standard InChI is InChI=1S/C20H21ClN2O2/c1-3-15(2)14-22-18(24)20(23(21)19(22)25,16-10-6-4-7-11-16)17-12-8-5-9-13-17/h4-13,15H,3,14H2,1-2H3. The van der Waals surface area contributed by atoms with Crippen molar-refractivity contribution in [3.8, 4) is 0 Å². The Labute approximate surface area is 153 Å². The maximum absolute atomic E-state index is 13.5. The topological polar surface area (TPSA) is 40.6 Å². The Bertz CT molecular complexity index is 724. The molecule has 0 saturated carbocycles. The monoisotopic (exact) mass is 356 g/mol. The van der Waals surface area contributed by atoms with Gasteiger partial charge < -0.3 is 0 Å². The summed E-state index contributed by atoms with van der Waals surface area (Å²) in [5.41, 5.74) is 0.0247. The molecule has 1 saturated heterocycles. The van der Waals surface area contributed by atoms with Crippen LogP contribution in [0.5, 0.6) is 0 Å². The number of urea groups is 1. The van der Waals surface area contributed by atoms with Crippen LogP contribution < -0.4 is 0 Å². The van der Waals surface area contributed by atoms with Gasteiger partial charge in [0.1, 0.15) is 0 Å². The van der Waals surface area contributed by atoms with Crippen LogP contribution in [0.15, 0.2) is 60.7 Å². The summed E-state index contributed by atoms with van der Waals surface area (Å²) < 4.78 is 1.06. The van der Waals surface area contributed by atoms with Gasteiger partial charge in [0.15, 0.2) is 5.54 Å². The Kier molecular flexibility index (Phi) is 4.82. The second kappa shape index (κ2) is 6.89. The fourth-order valence-corrected chi connectivity index (χ4v) is 3.58. The predicted molar refractivity (Wildman–Crippen MR) is 97.9 cm³/mol. The highest BCUT2D eigenvalue weighted by Gasteiger charge is 2.59. The molecule has 1 aliphatic heterocycles. The lowest BCUT2D eigenvalue weighted by Crippen LogP contribution is -2.44. The average Bonchev–Trinajstić information content (AvgIpc) is 2.84. The van der Waals surface area contributed by atoms with Crippen LogP contribution in [0, 0.1) is 5.92 Å². The lowest BCUT2D eigenvalue weighted by Gasteiger charge is -2.31. The number of hydrogen-bond donors (Lipinski definition) is 0. The van der Waals surface area contributed by atoms with Crippen molar-refractivity contribution in [1.82, 2.24) is 9.32 Å². The van der Waals surface area contributed by atoms with Gasteiger partial charge in [0.05, 0.1) is 0 Å². The summed E-state index contributed by atoms with van der Waals surface area (Å²) in [6, 6.07) is 18.0. The number of hydrogen-bond acceptors (Lipinski definition) is 2. The number of halogens is 1. The van der Waals surface area contributed by atoms with Crippen molar-refractivity contribution >= 4 is 23.7 Å². The Balaban J connectivity index is 2.18. The van der Waals surface area contributed by atoms with E-state index in [0.29, 0.717) is 17.7 Å². The molecule has 1 aliphatic rings. The molecule has 0 spiro atoms. The highest BCUT2D eigenvalue weighted by molar-refractivity contribution is 6.29. The molecule has 2 aromatic carbocycles. The lowest BCUT2D eigenvalue weighted by atomic mass is 9.82. The van der Waals surface area contributed by atoms with Crippen LogP contribution in [0.2, 0.25) is 0 Å². The second-order valence-electron chi connectivity index (χ2n) is 6.44. The second-order valence-corrected chi connectivity index (χ2v) is 6.77. The van der Waals surface area contributed by atoms with E-state index < -0.39 is 11.6 Å². The van der Waals surface area contributed by atoms with Crippen LogP contribution in [0.25, 0.3) is 0 Å². The van der Waals surface area contributed by atoms with Gasteiger partial charge >= 0.3 is 6.03 Å². The van der Waals surface area contributed by atoms with Gasteiger partial charge in [-0.05, 0) is 17.0 Å². The summed E-state index contributed by atoms with van der Waals surface area (Å²) in [4.78, 5) is 27.6. The zero-order valence-electron chi connectivity index (χ0n) is 14.4. The molecule has 25 heavy (non-hydrogen) atoms. The molecule has 0 aliphatic carbocycles. The summed E-state index contributed by atoms with van der Waals surface area (Å²) in [6.45, 7) is 4.42. The van der Waals surface area contributed by atoms with Gasteiger partial charge in [-0.3, -0.25) is 9.69 Å². The SMILES string of the molecule is CCC(C)CN1C(=O)N(Cl)C(c2ccccc2)(c2ccccc2)C1=O. The van der Waals surface area contributed by atoms with Gasteiger partial charge in [-0.25, -0.2) is 9.21 Å². The third-order valence-electron chi connectivity index (χ3n) is 4.82. The first-order valence-electron chi connectivity index (χ1n) is 8.46. The molecule has 4 nitrogen and oxygen atoms in total. The molecule has 1 atom stereocenters. The normalized spacial score (nSPS) is 17.9. The molecule has 1 fully saturated rings. The number of amides is 3. The fraction of sp³-hybridized carbons (Fsp3) is 0.300. The van der Waals surface area contributed by atoms with E-state index in [2.05, 4.69) is 0 Å². The molecular formula is C20H21ClN2O2. The van der Waals surface area contributed by atoms with Crippen LogP contribution in [0.4, 0.5) is 4.79 Å². The molecule has 130 valence electrons. The molecule has 3 rings (SSSR count).